The summed E-state index contributed by atoms with van der Waals surface area (Å²) in [7, 11) is 0. The summed E-state index contributed by atoms with van der Waals surface area (Å²) < 4.78 is 0. The van der Waals surface area contributed by atoms with Crippen LogP contribution in [0, 0.1) is 0 Å². The van der Waals surface area contributed by atoms with Crippen LogP contribution in [0.5, 0.6) is 0 Å². The van der Waals surface area contributed by atoms with Crippen molar-refractivity contribution in [3.05, 3.63) is 0 Å². The molecular weight excluding hydrogens is 180 g/mol. The highest BCUT2D eigenvalue weighted by Crippen LogP contribution is 2.26. The van der Waals surface area contributed by atoms with Gasteiger partial charge in [0.25, 0.3) is 0 Å². The molecule has 0 atom stereocenters. The molecule has 1 aliphatic heterocycles. The summed E-state index contributed by atoms with van der Waals surface area (Å²) in [5.41, 5.74) is 4.71. The summed E-state index contributed by atoms with van der Waals surface area (Å²) in [5.74, 6) is 0.122. The molecule has 0 spiro atoms. The fraction of sp³-hybridized carbons (Fsp3) is 0.900. The first-order valence-corrected chi connectivity index (χ1v) is 5.31. The second kappa shape index (κ2) is 4.75. The van der Waals surface area contributed by atoms with Gasteiger partial charge in [-0.05, 0) is 19.4 Å². The lowest BCUT2D eigenvalue weighted by Gasteiger charge is -2.46. The number of hydrogen-bond donors (Lipinski definition) is 2. The SMILES string of the molecule is CCCC1(O)CN(C(=O)CCCN)C1. The molecule has 82 valence electrons. The highest BCUT2D eigenvalue weighted by molar-refractivity contribution is 5.77. The molecule has 0 radical (unpaired) electrons. The van der Waals surface area contributed by atoms with Gasteiger partial charge in [0.15, 0.2) is 0 Å². The van der Waals surface area contributed by atoms with Crippen LogP contribution in [0.2, 0.25) is 0 Å². The Labute approximate surface area is 85.1 Å². The van der Waals surface area contributed by atoms with Gasteiger partial charge < -0.3 is 15.7 Å². The number of rotatable bonds is 5. The molecule has 0 aliphatic carbocycles. The van der Waals surface area contributed by atoms with E-state index in [0.717, 1.165) is 19.3 Å². The van der Waals surface area contributed by atoms with Crippen LogP contribution in [-0.4, -0.2) is 41.1 Å². The summed E-state index contributed by atoms with van der Waals surface area (Å²) in [6.07, 6.45) is 3.00. The van der Waals surface area contributed by atoms with Crippen LogP contribution in [0.1, 0.15) is 32.6 Å². The van der Waals surface area contributed by atoms with E-state index in [4.69, 9.17) is 5.73 Å². The molecule has 0 aromatic carbocycles. The zero-order valence-corrected chi connectivity index (χ0v) is 8.83. The first-order chi connectivity index (χ1) is 6.61. The molecule has 1 saturated heterocycles. The summed E-state index contributed by atoms with van der Waals surface area (Å²) in [4.78, 5) is 13.1. The average Bonchev–Trinajstić information content (AvgIpc) is 2.10. The van der Waals surface area contributed by atoms with Gasteiger partial charge in [0.05, 0.1) is 18.7 Å². The molecule has 1 fully saturated rings. The van der Waals surface area contributed by atoms with Gasteiger partial charge in [-0.15, -0.1) is 0 Å². The Kier molecular flexibility index (Phi) is 3.89. The van der Waals surface area contributed by atoms with Crippen molar-refractivity contribution in [1.82, 2.24) is 4.90 Å². The number of nitrogens with zero attached hydrogens (tertiary/aromatic N) is 1. The van der Waals surface area contributed by atoms with Crippen molar-refractivity contribution in [2.75, 3.05) is 19.6 Å². The lowest BCUT2D eigenvalue weighted by atomic mass is 9.89. The first-order valence-electron chi connectivity index (χ1n) is 5.31. The lowest BCUT2D eigenvalue weighted by molar-refractivity contribution is -0.156. The average molecular weight is 200 g/mol. The number of aliphatic hydroxyl groups is 1. The van der Waals surface area contributed by atoms with Crippen LogP contribution in [0.15, 0.2) is 0 Å². The molecule has 1 rings (SSSR count). The van der Waals surface area contributed by atoms with E-state index in [1.165, 1.54) is 0 Å². The fourth-order valence-corrected chi connectivity index (χ4v) is 1.88. The van der Waals surface area contributed by atoms with E-state index in [1.54, 1.807) is 4.90 Å². The number of carbonyl (C=O) groups is 1. The monoisotopic (exact) mass is 200 g/mol. The molecule has 0 saturated carbocycles. The molecule has 1 heterocycles. The Morgan fingerprint density at radius 3 is 2.71 bits per heavy atom. The van der Waals surface area contributed by atoms with Crippen LogP contribution < -0.4 is 5.73 Å². The summed E-state index contributed by atoms with van der Waals surface area (Å²) in [5, 5.41) is 9.84. The van der Waals surface area contributed by atoms with E-state index >= 15 is 0 Å². The first kappa shape index (κ1) is 11.5. The molecule has 4 nitrogen and oxygen atoms in total. The van der Waals surface area contributed by atoms with Crippen molar-refractivity contribution in [1.29, 1.82) is 0 Å². The van der Waals surface area contributed by atoms with Crippen LogP contribution in [0.4, 0.5) is 0 Å². The van der Waals surface area contributed by atoms with Gasteiger partial charge in [0.2, 0.25) is 5.91 Å². The van der Waals surface area contributed by atoms with E-state index in [1.807, 2.05) is 6.92 Å². The lowest BCUT2D eigenvalue weighted by Crippen LogP contribution is -2.63. The third-order valence-corrected chi connectivity index (χ3v) is 2.63. The Morgan fingerprint density at radius 2 is 2.21 bits per heavy atom. The van der Waals surface area contributed by atoms with Crippen molar-refractivity contribution >= 4 is 5.91 Å². The normalized spacial score (nSPS) is 19.2. The minimum atomic E-state index is -0.604. The Hall–Kier alpha value is -0.610. The highest BCUT2D eigenvalue weighted by atomic mass is 16.3. The minimum absolute atomic E-state index is 0.122. The number of hydrogen-bond acceptors (Lipinski definition) is 3. The molecule has 0 aromatic rings. The summed E-state index contributed by atoms with van der Waals surface area (Å²) in [6.45, 7) is 3.60. The van der Waals surface area contributed by atoms with Crippen LogP contribution in [0.3, 0.4) is 0 Å². The largest absolute Gasteiger partial charge is 0.386 e. The zero-order chi connectivity index (χ0) is 10.6. The molecule has 0 aromatic heterocycles. The Bertz CT molecular complexity index is 200. The molecule has 0 unspecified atom stereocenters. The van der Waals surface area contributed by atoms with Gasteiger partial charge >= 0.3 is 0 Å². The fourth-order valence-electron chi connectivity index (χ4n) is 1.88. The highest BCUT2D eigenvalue weighted by Gasteiger charge is 2.42. The maximum absolute atomic E-state index is 11.4. The third-order valence-electron chi connectivity index (χ3n) is 2.63. The predicted molar refractivity (Wildman–Crippen MR) is 54.7 cm³/mol. The summed E-state index contributed by atoms with van der Waals surface area (Å²) in [6, 6.07) is 0. The molecule has 1 aliphatic rings. The van der Waals surface area contributed by atoms with Crippen molar-refractivity contribution in [3.63, 3.8) is 0 Å². The van der Waals surface area contributed by atoms with Gasteiger partial charge in [-0.3, -0.25) is 4.79 Å². The van der Waals surface area contributed by atoms with Gasteiger partial charge in [-0.1, -0.05) is 13.3 Å². The standard InChI is InChI=1S/C10H20N2O2/c1-2-5-10(14)7-12(8-10)9(13)4-3-6-11/h14H,2-8,11H2,1H3. The smallest absolute Gasteiger partial charge is 0.222 e. The van der Waals surface area contributed by atoms with Crippen molar-refractivity contribution < 1.29 is 9.90 Å². The maximum Gasteiger partial charge on any atom is 0.222 e. The zero-order valence-electron chi connectivity index (χ0n) is 8.83. The second-order valence-corrected chi connectivity index (χ2v) is 4.12. The Balaban J connectivity index is 2.22. The number of likely N-dealkylation sites (tertiary alicyclic amines) is 1. The summed E-state index contributed by atoms with van der Waals surface area (Å²) >= 11 is 0. The van der Waals surface area contributed by atoms with E-state index in [0.29, 0.717) is 26.1 Å². The minimum Gasteiger partial charge on any atom is -0.386 e. The van der Waals surface area contributed by atoms with Gasteiger partial charge in [-0.2, -0.15) is 0 Å². The van der Waals surface area contributed by atoms with Gasteiger partial charge in [-0.25, -0.2) is 0 Å². The van der Waals surface area contributed by atoms with E-state index in [-0.39, 0.29) is 5.91 Å². The van der Waals surface area contributed by atoms with Crippen LogP contribution >= 0.6 is 0 Å². The van der Waals surface area contributed by atoms with E-state index in [9.17, 15) is 9.90 Å². The van der Waals surface area contributed by atoms with Gasteiger partial charge in [0.1, 0.15) is 0 Å². The molecule has 0 bridgehead atoms. The van der Waals surface area contributed by atoms with Crippen molar-refractivity contribution in [2.24, 2.45) is 5.73 Å². The number of amides is 1. The molecule has 3 N–H and O–H groups in total. The van der Waals surface area contributed by atoms with E-state index < -0.39 is 5.60 Å². The quantitative estimate of drug-likeness (QED) is 0.661. The molecule has 14 heavy (non-hydrogen) atoms. The van der Waals surface area contributed by atoms with Crippen LogP contribution in [-0.2, 0) is 4.79 Å². The predicted octanol–water partition coefficient (Wildman–Crippen LogP) is 0.0987. The molecular formula is C10H20N2O2. The number of β-amino-alcohol motifs (C(OH)–C–C–N with tert-alkyl or cyclic N) is 1. The van der Waals surface area contributed by atoms with Crippen molar-refractivity contribution in [2.45, 2.75) is 38.2 Å². The van der Waals surface area contributed by atoms with E-state index in [2.05, 4.69) is 0 Å². The third kappa shape index (κ3) is 2.69. The second-order valence-electron chi connectivity index (χ2n) is 4.12. The maximum atomic E-state index is 11.4. The number of carbonyl (C=O) groups excluding carboxylic acids is 1. The number of nitrogens with two attached hydrogens (primary N) is 1. The van der Waals surface area contributed by atoms with Crippen molar-refractivity contribution in [3.8, 4) is 0 Å². The molecule has 1 amide bonds. The Morgan fingerprint density at radius 1 is 1.57 bits per heavy atom. The topological polar surface area (TPSA) is 66.6 Å². The van der Waals surface area contributed by atoms with Gasteiger partial charge in [0, 0.05) is 6.42 Å². The van der Waals surface area contributed by atoms with Crippen LogP contribution in [0.25, 0.3) is 0 Å². The molecule has 4 heteroatoms.